The number of ether oxygens (including phenoxy) is 2. The summed E-state index contributed by atoms with van der Waals surface area (Å²) in [4.78, 5) is 15.3. The highest BCUT2D eigenvalue weighted by Crippen LogP contribution is 2.30. The lowest BCUT2D eigenvalue weighted by atomic mass is 10.0. The molecule has 0 aliphatic rings. The fourth-order valence-corrected chi connectivity index (χ4v) is 3.02. The zero-order valence-corrected chi connectivity index (χ0v) is 16.5. The van der Waals surface area contributed by atoms with Crippen molar-refractivity contribution >= 4 is 5.97 Å². The van der Waals surface area contributed by atoms with Crippen LogP contribution in [0.2, 0.25) is 0 Å². The first-order valence-corrected chi connectivity index (χ1v) is 9.72. The number of carbonyl (C=O) groups is 1. The number of rotatable bonds is 10. The Bertz CT molecular complexity index is 923. The molecule has 3 aromatic rings. The second kappa shape index (κ2) is 10.3. The smallest absolute Gasteiger partial charge is 0.303 e. The molecule has 1 aromatic heterocycles. The molecular formula is C24H25NO4. The molecule has 0 unspecified atom stereocenters. The molecule has 0 radical (unpaired) electrons. The molecule has 2 aromatic carbocycles. The molecule has 0 saturated carbocycles. The van der Waals surface area contributed by atoms with E-state index < -0.39 is 5.97 Å². The Kier molecular flexibility index (Phi) is 7.22. The summed E-state index contributed by atoms with van der Waals surface area (Å²) in [6.07, 6.45) is 2.47. The first kappa shape index (κ1) is 20.4. The maximum absolute atomic E-state index is 10.6. The number of nitrogens with zero attached hydrogens (tertiary/aromatic N) is 1. The molecule has 0 bridgehead atoms. The number of carboxylic acids is 1. The summed E-state index contributed by atoms with van der Waals surface area (Å²) in [6.45, 7) is 0.507. The normalized spacial score (nSPS) is 10.5. The molecule has 5 nitrogen and oxygen atoms in total. The van der Waals surface area contributed by atoms with Crippen LogP contribution in [0, 0.1) is 0 Å². The van der Waals surface area contributed by atoms with E-state index in [1.165, 1.54) is 0 Å². The van der Waals surface area contributed by atoms with Gasteiger partial charge in [-0.05, 0) is 48.6 Å². The lowest BCUT2D eigenvalue weighted by molar-refractivity contribution is -0.137. The first-order chi connectivity index (χ1) is 14.2. The quantitative estimate of drug-likeness (QED) is 0.466. The SMILES string of the molecule is COc1ccc(-c2cc(OCCCCCC(=O)O)nc(-c3ccccc3)c2)cc1. The molecule has 150 valence electrons. The van der Waals surface area contributed by atoms with Crippen molar-refractivity contribution in [3.05, 3.63) is 66.7 Å². The zero-order valence-electron chi connectivity index (χ0n) is 16.5. The van der Waals surface area contributed by atoms with Gasteiger partial charge in [0.1, 0.15) is 5.75 Å². The van der Waals surface area contributed by atoms with Gasteiger partial charge in [-0.3, -0.25) is 4.79 Å². The summed E-state index contributed by atoms with van der Waals surface area (Å²) in [7, 11) is 1.65. The van der Waals surface area contributed by atoms with Crippen LogP contribution in [0.25, 0.3) is 22.4 Å². The molecule has 0 spiro atoms. The second-order valence-electron chi connectivity index (χ2n) is 6.73. The minimum atomic E-state index is -0.757. The Morgan fingerprint density at radius 3 is 2.34 bits per heavy atom. The van der Waals surface area contributed by atoms with E-state index in [2.05, 4.69) is 11.1 Å². The van der Waals surface area contributed by atoms with Crippen molar-refractivity contribution in [1.82, 2.24) is 4.98 Å². The van der Waals surface area contributed by atoms with Crippen LogP contribution in [0.15, 0.2) is 66.7 Å². The summed E-state index contributed by atoms with van der Waals surface area (Å²) in [5.41, 5.74) is 3.94. The molecule has 1 heterocycles. The highest BCUT2D eigenvalue weighted by atomic mass is 16.5. The monoisotopic (exact) mass is 391 g/mol. The molecule has 5 heteroatoms. The van der Waals surface area contributed by atoms with Gasteiger partial charge in [0, 0.05) is 18.1 Å². The van der Waals surface area contributed by atoms with Gasteiger partial charge in [0.25, 0.3) is 0 Å². The average Bonchev–Trinajstić information content (AvgIpc) is 2.76. The van der Waals surface area contributed by atoms with Crippen LogP contribution in [0.3, 0.4) is 0 Å². The average molecular weight is 391 g/mol. The van der Waals surface area contributed by atoms with Crippen molar-refractivity contribution in [3.8, 4) is 34.0 Å². The number of aromatic nitrogens is 1. The van der Waals surface area contributed by atoms with Gasteiger partial charge in [0.2, 0.25) is 5.88 Å². The minimum Gasteiger partial charge on any atom is -0.497 e. The van der Waals surface area contributed by atoms with Gasteiger partial charge in [-0.2, -0.15) is 0 Å². The maximum Gasteiger partial charge on any atom is 0.303 e. The van der Waals surface area contributed by atoms with E-state index >= 15 is 0 Å². The largest absolute Gasteiger partial charge is 0.497 e. The number of carboxylic acid groups (broad SMARTS) is 1. The molecule has 0 aliphatic heterocycles. The van der Waals surface area contributed by atoms with Crippen LogP contribution in [0.4, 0.5) is 0 Å². The van der Waals surface area contributed by atoms with E-state index in [1.807, 2.05) is 60.7 Å². The third-order valence-electron chi connectivity index (χ3n) is 4.58. The first-order valence-electron chi connectivity index (χ1n) is 9.72. The molecule has 0 saturated heterocycles. The Morgan fingerprint density at radius 2 is 1.66 bits per heavy atom. The third kappa shape index (κ3) is 6.07. The van der Waals surface area contributed by atoms with Crippen molar-refractivity contribution in [2.24, 2.45) is 0 Å². The number of pyridine rings is 1. The molecule has 3 rings (SSSR count). The van der Waals surface area contributed by atoms with Gasteiger partial charge in [0.05, 0.1) is 19.4 Å². The molecular weight excluding hydrogens is 366 g/mol. The van der Waals surface area contributed by atoms with E-state index in [0.29, 0.717) is 18.9 Å². The number of benzene rings is 2. The molecule has 0 atom stereocenters. The Hall–Kier alpha value is -3.34. The number of aliphatic carboxylic acids is 1. The van der Waals surface area contributed by atoms with Gasteiger partial charge in [-0.25, -0.2) is 4.98 Å². The van der Waals surface area contributed by atoms with Crippen molar-refractivity contribution in [3.63, 3.8) is 0 Å². The van der Waals surface area contributed by atoms with Gasteiger partial charge in [0.15, 0.2) is 0 Å². The lowest BCUT2D eigenvalue weighted by Crippen LogP contribution is -2.01. The molecule has 0 aliphatic carbocycles. The lowest BCUT2D eigenvalue weighted by Gasteiger charge is -2.11. The summed E-state index contributed by atoms with van der Waals surface area (Å²) >= 11 is 0. The van der Waals surface area contributed by atoms with Crippen LogP contribution >= 0.6 is 0 Å². The van der Waals surface area contributed by atoms with Crippen LogP contribution in [0.5, 0.6) is 11.6 Å². The van der Waals surface area contributed by atoms with Gasteiger partial charge < -0.3 is 14.6 Å². The highest BCUT2D eigenvalue weighted by Gasteiger charge is 2.08. The van der Waals surface area contributed by atoms with E-state index in [-0.39, 0.29) is 6.42 Å². The highest BCUT2D eigenvalue weighted by molar-refractivity contribution is 5.72. The van der Waals surface area contributed by atoms with Crippen LogP contribution < -0.4 is 9.47 Å². The summed E-state index contributed by atoms with van der Waals surface area (Å²) in [5, 5.41) is 8.71. The zero-order chi connectivity index (χ0) is 20.5. The Morgan fingerprint density at radius 1 is 0.897 bits per heavy atom. The topological polar surface area (TPSA) is 68.7 Å². The Balaban J connectivity index is 1.78. The van der Waals surface area contributed by atoms with Crippen molar-refractivity contribution < 1.29 is 19.4 Å². The maximum atomic E-state index is 10.6. The van der Waals surface area contributed by atoms with Gasteiger partial charge in [-0.15, -0.1) is 0 Å². The summed E-state index contributed by atoms with van der Waals surface area (Å²) in [6, 6.07) is 21.9. The van der Waals surface area contributed by atoms with Crippen LogP contribution in [-0.4, -0.2) is 29.8 Å². The van der Waals surface area contributed by atoms with E-state index in [4.69, 9.17) is 14.6 Å². The minimum absolute atomic E-state index is 0.198. The summed E-state index contributed by atoms with van der Waals surface area (Å²) in [5.74, 6) is 0.617. The fraction of sp³-hybridized carbons (Fsp3) is 0.250. The van der Waals surface area contributed by atoms with Crippen LogP contribution in [0.1, 0.15) is 25.7 Å². The fourth-order valence-electron chi connectivity index (χ4n) is 3.02. The van der Waals surface area contributed by atoms with E-state index in [0.717, 1.165) is 41.0 Å². The van der Waals surface area contributed by atoms with Crippen molar-refractivity contribution in [2.75, 3.05) is 13.7 Å². The molecule has 1 N–H and O–H groups in total. The predicted molar refractivity (Wildman–Crippen MR) is 113 cm³/mol. The van der Waals surface area contributed by atoms with Gasteiger partial charge >= 0.3 is 5.97 Å². The number of methoxy groups -OCH3 is 1. The van der Waals surface area contributed by atoms with E-state index in [1.54, 1.807) is 7.11 Å². The predicted octanol–water partition coefficient (Wildman–Crippen LogP) is 5.45. The van der Waals surface area contributed by atoms with Gasteiger partial charge in [-0.1, -0.05) is 42.5 Å². The summed E-state index contributed by atoms with van der Waals surface area (Å²) < 4.78 is 11.1. The third-order valence-corrected chi connectivity index (χ3v) is 4.58. The number of hydrogen-bond donors (Lipinski definition) is 1. The second-order valence-corrected chi connectivity index (χ2v) is 6.73. The molecule has 29 heavy (non-hydrogen) atoms. The van der Waals surface area contributed by atoms with Crippen LogP contribution in [-0.2, 0) is 4.79 Å². The van der Waals surface area contributed by atoms with Crippen molar-refractivity contribution in [2.45, 2.75) is 25.7 Å². The number of hydrogen-bond acceptors (Lipinski definition) is 4. The number of unbranched alkanes of at least 4 members (excludes halogenated alkanes) is 2. The molecule has 0 fully saturated rings. The van der Waals surface area contributed by atoms with Crippen molar-refractivity contribution in [1.29, 1.82) is 0 Å². The van der Waals surface area contributed by atoms with E-state index in [9.17, 15) is 4.79 Å². The molecule has 0 amide bonds. The Labute approximate surface area is 171 Å². The standard InChI is InChI=1S/C24H25NO4/c1-28-21-13-11-18(12-14-21)20-16-22(19-8-4-2-5-9-19)25-23(17-20)29-15-7-3-6-10-24(26)27/h2,4-5,8-9,11-14,16-17H,3,6-7,10,15H2,1H3,(H,26,27).